The van der Waals surface area contributed by atoms with Gasteiger partial charge >= 0.3 is 0 Å². The molecule has 0 bridgehead atoms. The molecule has 1 aliphatic carbocycles. The molecular formula is C15H22N4O2. The van der Waals surface area contributed by atoms with E-state index in [1.54, 1.807) is 19.0 Å². The van der Waals surface area contributed by atoms with Gasteiger partial charge in [-0.05, 0) is 31.0 Å². The second kappa shape index (κ2) is 6.13. The summed E-state index contributed by atoms with van der Waals surface area (Å²) in [6.45, 7) is 0.380. The number of carbonyl (C=O) groups excluding carboxylic acids is 1. The number of oxime groups is 1. The number of hydrogen-bond donors (Lipinski definition) is 2. The smallest absolute Gasteiger partial charge is 0.236 e. The van der Waals surface area contributed by atoms with E-state index < -0.39 is 0 Å². The second-order valence-electron chi connectivity index (χ2n) is 5.62. The van der Waals surface area contributed by atoms with E-state index >= 15 is 0 Å². The average molecular weight is 290 g/mol. The molecule has 21 heavy (non-hydrogen) atoms. The van der Waals surface area contributed by atoms with Crippen molar-refractivity contribution in [2.75, 3.05) is 27.7 Å². The lowest BCUT2D eigenvalue weighted by molar-refractivity contribution is -0.130. The van der Waals surface area contributed by atoms with Crippen molar-refractivity contribution in [2.45, 2.75) is 18.9 Å². The molecule has 1 atom stereocenters. The van der Waals surface area contributed by atoms with Crippen molar-refractivity contribution in [2.24, 2.45) is 10.9 Å². The molecule has 0 saturated carbocycles. The maximum atomic E-state index is 11.9. The molecule has 0 heterocycles. The average Bonchev–Trinajstić information content (AvgIpc) is 2.90. The van der Waals surface area contributed by atoms with Gasteiger partial charge in [-0.2, -0.15) is 0 Å². The van der Waals surface area contributed by atoms with Gasteiger partial charge in [0.25, 0.3) is 0 Å². The number of fused-ring (bicyclic) bond motifs is 1. The van der Waals surface area contributed by atoms with Gasteiger partial charge in [-0.1, -0.05) is 23.4 Å². The first-order valence-electron chi connectivity index (χ1n) is 6.95. The van der Waals surface area contributed by atoms with Crippen LogP contribution in [0.1, 0.15) is 29.2 Å². The highest BCUT2D eigenvalue weighted by Crippen LogP contribution is 2.36. The van der Waals surface area contributed by atoms with E-state index in [0.29, 0.717) is 6.54 Å². The van der Waals surface area contributed by atoms with Gasteiger partial charge in [0.1, 0.15) is 0 Å². The summed E-state index contributed by atoms with van der Waals surface area (Å²) in [5.74, 6) is 0.220. The van der Waals surface area contributed by atoms with E-state index in [0.717, 1.165) is 29.5 Å². The summed E-state index contributed by atoms with van der Waals surface area (Å²) in [4.78, 5) is 15.5. The summed E-state index contributed by atoms with van der Waals surface area (Å²) < 4.78 is 0. The Balaban J connectivity index is 2.24. The first-order valence-corrected chi connectivity index (χ1v) is 6.95. The zero-order valence-corrected chi connectivity index (χ0v) is 12.7. The largest absolute Gasteiger partial charge is 0.409 e. The molecule has 0 aromatic heterocycles. The van der Waals surface area contributed by atoms with Crippen LogP contribution in [0.15, 0.2) is 23.4 Å². The van der Waals surface area contributed by atoms with Gasteiger partial charge in [-0.15, -0.1) is 0 Å². The lowest BCUT2D eigenvalue weighted by Crippen LogP contribution is -2.36. The standard InChI is InChI=1S/C15H22N4O2/c1-18(2)14(20)9-19(3)13-8-7-10-11(13)5-4-6-12(10)15(16)17-21/h4-6,13,21H,7-9H2,1-3H3,(H2,16,17). The Morgan fingerprint density at radius 1 is 1.43 bits per heavy atom. The van der Waals surface area contributed by atoms with Crippen LogP contribution in [-0.4, -0.2) is 54.4 Å². The zero-order valence-electron chi connectivity index (χ0n) is 12.7. The van der Waals surface area contributed by atoms with Crippen LogP contribution in [0.5, 0.6) is 0 Å². The van der Waals surface area contributed by atoms with Gasteiger partial charge < -0.3 is 15.8 Å². The fraction of sp³-hybridized carbons (Fsp3) is 0.467. The first kappa shape index (κ1) is 15.3. The second-order valence-corrected chi connectivity index (χ2v) is 5.62. The number of rotatable bonds is 4. The maximum Gasteiger partial charge on any atom is 0.236 e. The van der Waals surface area contributed by atoms with E-state index in [4.69, 9.17) is 10.9 Å². The van der Waals surface area contributed by atoms with Gasteiger partial charge in [0, 0.05) is 25.7 Å². The van der Waals surface area contributed by atoms with Crippen LogP contribution in [0.4, 0.5) is 0 Å². The molecule has 0 fully saturated rings. The fourth-order valence-corrected chi connectivity index (χ4v) is 2.85. The van der Waals surface area contributed by atoms with E-state index in [1.807, 2.05) is 19.2 Å². The highest BCUT2D eigenvalue weighted by atomic mass is 16.4. The molecule has 6 heteroatoms. The minimum Gasteiger partial charge on any atom is -0.409 e. The van der Waals surface area contributed by atoms with Crippen molar-refractivity contribution in [1.82, 2.24) is 9.80 Å². The van der Waals surface area contributed by atoms with E-state index in [9.17, 15) is 4.79 Å². The Bertz CT molecular complexity index is 569. The van der Waals surface area contributed by atoms with Crippen LogP contribution < -0.4 is 5.73 Å². The molecule has 0 saturated heterocycles. The molecule has 2 rings (SSSR count). The van der Waals surface area contributed by atoms with Gasteiger partial charge in [-0.3, -0.25) is 9.69 Å². The summed E-state index contributed by atoms with van der Waals surface area (Å²) in [7, 11) is 5.47. The Hall–Kier alpha value is -2.08. The summed E-state index contributed by atoms with van der Waals surface area (Å²) in [6, 6.07) is 6.01. The molecule has 1 amide bonds. The molecule has 114 valence electrons. The van der Waals surface area contributed by atoms with Crippen LogP contribution in [0.2, 0.25) is 0 Å². The Morgan fingerprint density at radius 2 is 2.14 bits per heavy atom. The quantitative estimate of drug-likeness (QED) is 0.372. The van der Waals surface area contributed by atoms with Gasteiger partial charge in [0.05, 0.1) is 6.54 Å². The number of nitrogens with two attached hydrogens (primary N) is 1. The number of likely N-dealkylation sites (N-methyl/N-ethyl adjacent to an activating group) is 2. The number of hydrogen-bond acceptors (Lipinski definition) is 4. The lowest BCUT2D eigenvalue weighted by atomic mass is 10.0. The van der Waals surface area contributed by atoms with Crippen LogP contribution in [0.25, 0.3) is 0 Å². The van der Waals surface area contributed by atoms with Crippen molar-refractivity contribution in [1.29, 1.82) is 0 Å². The molecule has 6 nitrogen and oxygen atoms in total. The topological polar surface area (TPSA) is 82.2 Å². The first-order chi connectivity index (χ1) is 9.95. The number of amidine groups is 1. The highest BCUT2D eigenvalue weighted by Gasteiger charge is 2.29. The third-order valence-corrected chi connectivity index (χ3v) is 4.04. The maximum absolute atomic E-state index is 11.9. The third-order valence-electron chi connectivity index (χ3n) is 4.04. The normalized spacial score (nSPS) is 17.9. The Kier molecular flexibility index (Phi) is 4.47. The van der Waals surface area contributed by atoms with Crippen LogP contribution >= 0.6 is 0 Å². The van der Waals surface area contributed by atoms with Crippen molar-refractivity contribution in [3.8, 4) is 0 Å². The number of nitrogens with zero attached hydrogens (tertiary/aromatic N) is 3. The summed E-state index contributed by atoms with van der Waals surface area (Å²) in [5.41, 5.74) is 8.79. The van der Waals surface area contributed by atoms with E-state index in [2.05, 4.69) is 16.1 Å². The molecule has 3 N–H and O–H groups in total. The van der Waals surface area contributed by atoms with Crippen molar-refractivity contribution in [3.63, 3.8) is 0 Å². The molecule has 1 aromatic rings. The van der Waals surface area contributed by atoms with E-state index in [1.165, 1.54) is 0 Å². The molecule has 0 aliphatic heterocycles. The number of benzene rings is 1. The monoisotopic (exact) mass is 290 g/mol. The SMILES string of the molecule is CN(C)C(=O)CN(C)C1CCc2c(C(N)=NO)cccc21. The fourth-order valence-electron chi connectivity index (χ4n) is 2.85. The number of carbonyl (C=O) groups is 1. The Morgan fingerprint density at radius 3 is 2.76 bits per heavy atom. The van der Waals surface area contributed by atoms with Gasteiger partial charge in [0.2, 0.25) is 5.91 Å². The molecule has 0 spiro atoms. The third kappa shape index (κ3) is 3.00. The number of amides is 1. The molecular weight excluding hydrogens is 268 g/mol. The van der Waals surface area contributed by atoms with Gasteiger partial charge in [0.15, 0.2) is 5.84 Å². The van der Waals surface area contributed by atoms with Crippen LogP contribution in [-0.2, 0) is 11.2 Å². The summed E-state index contributed by atoms with van der Waals surface area (Å²) in [6.07, 6.45) is 1.80. The minimum absolute atomic E-state index is 0.0820. The summed E-state index contributed by atoms with van der Waals surface area (Å²) >= 11 is 0. The molecule has 1 aromatic carbocycles. The van der Waals surface area contributed by atoms with Crippen LogP contribution in [0, 0.1) is 0 Å². The van der Waals surface area contributed by atoms with Gasteiger partial charge in [-0.25, -0.2) is 0 Å². The lowest BCUT2D eigenvalue weighted by Gasteiger charge is -2.26. The molecule has 1 unspecified atom stereocenters. The van der Waals surface area contributed by atoms with E-state index in [-0.39, 0.29) is 17.8 Å². The predicted molar refractivity (Wildman–Crippen MR) is 81.3 cm³/mol. The highest BCUT2D eigenvalue weighted by molar-refractivity contribution is 5.98. The Labute approximate surface area is 124 Å². The van der Waals surface area contributed by atoms with Crippen molar-refractivity contribution in [3.05, 3.63) is 34.9 Å². The summed E-state index contributed by atoms with van der Waals surface area (Å²) in [5, 5.41) is 12.0. The zero-order chi connectivity index (χ0) is 15.6. The minimum atomic E-state index is 0.0820. The van der Waals surface area contributed by atoms with Crippen LogP contribution in [0.3, 0.4) is 0 Å². The van der Waals surface area contributed by atoms with Crippen molar-refractivity contribution >= 4 is 11.7 Å². The molecule has 0 radical (unpaired) electrons. The van der Waals surface area contributed by atoms with Crippen molar-refractivity contribution < 1.29 is 10.0 Å². The molecule has 1 aliphatic rings. The predicted octanol–water partition coefficient (Wildman–Crippen LogP) is 0.788.